The van der Waals surface area contributed by atoms with Gasteiger partial charge in [0.05, 0.1) is 0 Å². The summed E-state index contributed by atoms with van der Waals surface area (Å²) >= 11 is 0. The summed E-state index contributed by atoms with van der Waals surface area (Å²) in [7, 11) is 0. The molecule has 11 heavy (non-hydrogen) atoms. The predicted molar refractivity (Wildman–Crippen MR) is 45.3 cm³/mol. The van der Waals surface area contributed by atoms with Gasteiger partial charge in [0.1, 0.15) is 0 Å². The topological polar surface area (TPSA) is 20.2 Å². The monoisotopic (exact) mass is 154 g/mol. The van der Waals surface area contributed by atoms with Crippen LogP contribution in [0.3, 0.4) is 0 Å². The van der Waals surface area contributed by atoms with E-state index in [4.69, 9.17) is 5.11 Å². The first kappa shape index (κ1) is 7.60. The van der Waals surface area contributed by atoms with Crippen LogP contribution in [-0.4, -0.2) is 11.7 Å². The summed E-state index contributed by atoms with van der Waals surface area (Å²) in [6, 6.07) is 0. The summed E-state index contributed by atoms with van der Waals surface area (Å²) in [5, 5.41) is 9.02. The van der Waals surface area contributed by atoms with Crippen molar-refractivity contribution in [3.8, 4) is 0 Å². The van der Waals surface area contributed by atoms with Crippen LogP contribution in [0.15, 0.2) is 0 Å². The van der Waals surface area contributed by atoms with Gasteiger partial charge in [0.25, 0.3) is 0 Å². The van der Waals surface area contributed by atoms with Gasteiger partial charge in [0, 0.05) is 6.61 Å². The molecule has 3 aliphatic rings. The van der Waals surface area contributed by atoms with Crippen LogP contribution in [0.4, 0.5) is 0 Å². The molecule has 0 unspecified atom stereocenters. The Labute approximate surface area is 68.8 Å². The molecule has 0 spiro atoms. The van der Waals surface area contributed by atoms with Crippen molar-refractivity contribution in [2.24, 2.45) is 10.8 Å². The van der Waals surface area contributed by atoms with Crippen LogP contribution in [0.25, 0.3) is 0 Å². The number of unbranched alkanes of at least 4 members (excludes halogenated alkanes) is 1. The molecule has 1 heteroatoms. The Balaban J connectivity index is 1.76. The molecule has 3 fully saturated rings. The Morgan fingerprint density at radius 1 is 1.18 bits per heavy atom. The van der Waals surface area contributed by atoms with E-state index in [1.807, 2.05) is 0 Å². The molecule has 1 nitrogen and oxygen atoms in total. The molecule has 0 heterocycles. The van der Waals surface area contributed by atoms with E-state index in [9.17, 15) is 0 Å². The fourth-order valence-electron chi connectivity index (χ4n) is 3.22. The smallest absolute Gasteiger partial charge is 0.0488 e. The van der Waals surface area contributed by atoms with Crippen molar-refractivity contribution in [2.75, 3.05) is 6.61 Å². The molecule has 1 N–H and O–H groups in total. The largest absolute Gasteiger partial charge is 0.396 e. The van der Waals surface area contributed by atoms with Gasteiger partial charge in [0.15, 0.2) is 0 Å². The first-order valence-electron chi connectivity index (χ1n) is 4.85. The Morgan fingerprint density at radius 3 is 2.27 bits per heavy atom. The van der Waals surface area contributed by atoms with Crippen LogP contribution in [0.5, 0.6) is 0 Å². The SMILES string of the molecule is CCCCC12CC(CO)(C1)C2. The van der Waals surface area contributed by atoms with Gasteiger partial charge >= 0.3 is 0 Å². The van der Waals surface area contributed by atoms with Gasteiger partial charge in [-0.15, -0.1) is 0 Å². The van der Waals surface area contributed by atoms with E-state index >= 15 is 0 Å². The molecule has 3 rings (SSSR count). The molecule has 0 aliphatic heterocycles. The maximum absolute atomic E-state index is 9.02. The highest BCUT2D eigenvalue weighted by atomic mass is 16.3. The van der Waals surface area contributed by atoms with Gasteiger partial charge < -0.3 is 5.11 Å². The second kappa shape index (κ2) is 2.22. The maximum Gasteiger partial charge on any atom is 0.0488 e. The lowest BCUT2D eigenvalue weighted by Gasteiger charge is -2.71. The molecule has 3 saturated carbocycles. The molecular weight excluding hydrogens is 136 g/mol. The van der Waals surface area contributed by atoms with Crippen LogP contribution in [0, 0.1) is 10.8 Å². The van der Waals surface area contributed by atoms with Crippen molar-refractivity contribution in [1.29, 1.82) is 0 Å². The lowest BCUT2D eigenvalue weighted by atomic mass is 9.34. The Hall–Kier alpha value is -0.0400. The van der Waals surface area contributed by atoms with Gasteiger partial charge in [-0.1, -0.05) is 19.8 Å². The minimum absolute atomic E-state index is 0.424. The van der Waals surface area contributed by atoms with E-state index in [1.165, 1.54) is 38.5 Å². The summed E-state index contributed by atoms with van der Waals surface area (Å²) < 4.78 is 0. The van der Waals surface area contributed by atoms with E-state index in [-0.39, 0.29) is 0 Å². The molecular formula is C10H18O. The first-order valence-corrected chi connectivity index (χ1v) is 4.85. The van der Waals surface area contributed by atoms with Crippen LogP contribution in [0.1, 0.15) is 45.4 Å². The zero-order valence-corrected chi connectivity index (χ0v) is 7.40. The zero-order chi connectivity index (χ0) is 7.95. The highest BCUT2D eigenvalue weighted by molar-refractivity contribution is 5.16. The third-order valence-corrected chi connectivity index (χ3v) is 3.65. The van der Waals surface area contributed by atoms with Crippen molar-refractivity contribution >= 4 is 0 Å². The number of hydrogen-bond donors (Lipinski definition) is 1. The normalized spacial score (nSPS) is 46.4. The van der Waals surface area contributed by atoms with E-state index in [0.717, 1.165) is 5.41 Å². The summed E-state index contributed by atoms with van der Waals surface area (Å²) in [6.45, 7) is 2.70. The zero-order valence-electron chi connectivity index (χ0n) is 7.40. The third kappa shape index (κ3) is 0.936. The molecule has 0 aromatic heterocycles. The molecule has 0 radical (unpaired) electrons. The van der Waals surface area contributed by atoms with Crippen LogP contribution < -0.4 is 0 Å². The molecule has 0 atom stereocenters. The van der Waals surface area contributed by atoms with Crippen LogP contribution in [-0.2, 0) is 0 Å². The molecule has 0 aromatic carbocycles. The minimum Gasteiger partial charge on any atom is -0.396 e. The summed E-state index contributed by atoms with van der Waals surface area (Å²) in [6.07, 6.45) is 8.13. The van der Waals surface area contributed by atoms with Crippen molar-refractivity contribution in [2.45, 2.75) is 45.4 Å². The molecule has 0 amide bonds. The second-order valence-corrected chi connectivity index (χ2v) is 4.79. The first-order chi connectivity index (χ1) is 5.24. The Bertz CT molecular complexity index is 136. The quantitative estimate of drug-likeness (QED) is 0.659. The lowest BCUT2D eigenvalue weighted by molar-refractivity contribution is -0.226. The van der Waals surface area contributed by atoms with Crippen molar-refractivity contribution in [3.63, 3.8) is 0 Å². The number of aliphatic hydroxyl groups is 1. The van der Waals surface area contributed by atoms with E-state index in [1.54, 1.807) is 0 Å². The molecule has 3 aliphatic carbocycles. The van der Waals surface area contributed by atoms with Crippen molar-refractivity contribution < 1.29 is 5.11 Å². The number of aliphatic hydroxyl groups excluding tert-OH is 1. The standard InChI is InChI=1S/C10H18O/c1-2-3-4-9-5-10(6-9,7-9)8-11/h11H,2-8H2,1H3. The highest BCUT2D eigenvalue weighted by Gasteiger charge is 2.66. The molecule has 2 bridgehead atoms. The van der Waals surface area contributed by atoms with Crippen LogP contribution >= 0.6 is 0 Å². The number of hydrogen-bond acceptors (Lipinski definition) is 1. The number of rotatable bonds is 4. The average Bonchev–Trinajstić information content (AvgIpc) is 1.83. The summed E-state index contributed by atoms with van der Waals surface area (Å²) in [5.41, 5.74) is 1.15. The van der Waals surface area contributed by atoms with E-state index in [0.29, 0.717) is 12.0 Å². The minimum atomic E-state index is 0.424. The van der Waals surface area contributed by atoms with Gasteiger partial charge in [-0.2, -0.15) is 0 Å². The third-order valence-electron chi connectivity index (χ3n) is 3.65. The van der Waals surface area contributed by atoms with Gasteiger partial charge in [-0.05, 0) is 36.5 Å². The lowest BCUT2D eigenvalue weighted by Crippen LogP contribution is -2.63. The highest BCUT2D eigenvalue weighted by Crippen LogP contribution is 2.74. The fourth-order valence-corrected chi connectivity index (χ4v) is 3.22. The molecule has 64 valence electrons. The van der Waals surface area contributed by atoms with Gasteiger partial charge in [-0.3, -0.25) is 0 Å². The Morgan fingerprint density at radius 2 is 1.82 bits per heavy atom. The van der Waals surface area contributed by atoms with Gasteiger partial charge in [-0.25, -0.2) is 0 Å². The van der Waals surface area contributed by atoms with Crippen LogP contribution in [0.2, 0.25) is 0 Å². The maximum atomic E-state index is 9.02. The summed E-state index contributed by atoms with van der Waals surface area (Å²) in [5.74, 6) is 0. The molecule has 0 saturated heterocycles. The average molecular weight is 154 g/mol. The predicted octanol–water partition coefficient (Wildman–Crippen LogP) is 2.34. The van der Waals surface area contributed by atoms with Crippen molar-refractivity contribution in [1.82, 2.24) is 0 Å². The van der Waals surface area contributed by atoms with Crippen molar-refractivity contribution in [3.05, 3.63) is 0 Å². The van der Waals surface area contributed by atoms with E-state index in [2.05, 4.69) is 6.92 Å². The van der Waals surface area contributed by atoms with E-state index < -0.39 is 0 Å². The second-order valence-electron chi connectivity index (χ2n) is 4.79. The summed E-state index contributed by atoms with van der Waals surface area (Å²) in [4.78, 5) is 0. The van der Waals surface area contributed by atoms with Gasteiger partial charge in [0.2, 0.25) is 0 Å². The molecule has 0 aromatic rings. The fraction of sp³-hybridized carbons (Fsp3) is 1.00. The Kier molecular flexibility index (Phi) is 1.54.